The Labute approximate surface area is 215 Å². The van der Waals surface area contributed by atoms with Gasteiger partial charge in [0, 0.05) is 31.3 Å². The van der Waals surface area contributed by atoms with E-state index in [0.717, 1.165) is 5.56 Å². The van der Waals surface area contributed by atoms with E-state index < -0.39 is 17.3 Å². The van der Waals surface area contributed by atoms with Crippen LogP contribution < -0.4 is 0 Å². The molecule has 1 spiro atoms. The second-order valence-corrected chi connectivity index (χ2v) is 10.6. The second kappa shape index (κ2) is 10.1. The fraction of sp³-hybridized carbons (Fsp3) is 0.414. The predicted molar refractivity (Wildman–Crippen MR) is 136 cm³/mol. The molecule has 8 heteroatoms. The van der Waals surface area contributed by atoms with Gasteiger partial charge in [-0.2, -0.15) is 0 Å². The molecule has 194 valence electrons. The first kappa shape index (κ1) is 25.1. The number of piperidine rings is 2. The van der Waals surface area contributed by atoms with E-state index in [4.69, 9.17) is 4.52 Å². The third kappa shape index (κ3) is 4.90. The molecule has 0 saturated carbocycles. The molecule has 7 nitrogen and oxygen atoms in total. The smallest absolute Gasteiger partial charge is 0.292 e. The molecular weight excluding hydrogens is 473 g/mol. The van der Waals surface area contributed by atoms with Crippen LogP contribution in [0.3, 0.4) is 0 Å². The number of hydrogen-bond acceptors (Lipinski definition) is 5. The summed E-state index contributed by atoms with van der Waals surface area (Å²) in [6.45, 7) is 5.44. The van der Waals surface area contributed by atoms with Gasteiger partial charge in [-0.15, -0.1) is 0 Å². The number of aromatic nitrogens is 1. The summed E-state index contributed by atoms with van der Waals surface area (Å²) in [5.74, 6) is -0.320. The lowest BCUT2D eigenvalue weighted by Gasteiger charge is -2.51. The average molecular weight is 506 g/mol. The Morgan fingerprint density at radius 2 is 1.86 bits per heavy atom. The van der Waals surface area contributed by atoms with E-state index in [1.807, 2.05) is 35.2 Å². The molecule has 1 N–H and O–H groups in total. The summed E-state index contributed by atoms with van der Waals surface area (Å²) in [6.07, 6.45) is 0.614. The van der Waals surface area contributed by atoms with E-state index in [1.165, 1.54) is 18.2 Å². The van der Waals surface area contributed by atoms with Crippen LogP contribution in [-0.4, -0.2) is 57.6 Å². The average Bonchev–Trinajstić information content (AvgIpc) is 3.38. The van der Waals surface area contributed by atoms with E-state index in [-0.39, 0.29) is 29.5 Å². The van der Waals surface area contributed by atoms with Gasteiger partial charge in [-0.25, -0.2) is 4.39 Å². The number of aliphatic hydroxyl groups is 1. The standard InChI is InChI=1S/C29H32FN3O4/c1-19(2)18-33-26(20-7-4-3-5-8-20)24(34)17-29(28(33)36)11-13-32(14-12-29)27(35)25-16-23(31-37-25)21-9-6-10-22(30)15-21/h3-10,15-16,19,24,26,34H,11-14,17-18H2,1-2H3/t24-,26+/m1/s1. The van der Waals surface area contributed by atoms with Gasteiger partial charge in [0.2, 0.25) is 11.7 Å². The van der Waals surface area contributed by atoms with Crippen molar-refractivity contribution in [3.05, 3.63) is 77.8 Å². The van der Waals surface area contributed by atoms with Crippen LogP contribution in [0.25, 0.3) is 11.3 Å². The third-order valence-corrected chi connectivity index (χ3v) is 7.57. The summed E-state index contributed by atoms with van der Waals surface area (Å²) in [6, 6.07) is 16.8. The second-order valence-electron chi connectivity index (χ2n) is 10.6. The minimum Gasteiger partial charge on any atom is -0.391 e. The highest BCUT2D eigenvalue weighted by molar-refractivity contribution is 5.93. The molecule has 2 aliphatic heterocycles. The number of aliphatic hydroxyl groups excluding tert-OH is 1. The van der Waals surface area contributed by atoms with Gasteiger partial charge in [0.1, 0.15) is 11.5 Å². The topological polar surface area (TPSA) is 86.9 Å². The van der Waals surface area contributed by atoms with E-state index in [9.17, 15) is 19.1 Å². The van der Waals surface area contributed by atoms with Crippen LogP contribution in [0.4, 0.5) is 4.39 Å². The van der Waals surface area contributed by atoms with Crippen molar-refractivity contribution in [1.82, 2.24) is 15.0 Å². The van der Waals surface area contributed by atoms with Crippen molar-refractivity contribution in [1.29, 1.82) is 0 Å². The molecule has 2 atom stereocenters. The first-order valence-corrected chi connectivity index (χ1v) is 12.8. The van der Waals surface area contributed by atoms with Crippen LogP contribution >= 0.6 is 0 Å². The molecule has 3 heterocycles. The van der Waals surface area contributed by atoms with Crippen LogP contribution in [0.2, 0.25) is 0 Å². The van der Waals surface area contributed by atoms with Crippen molar-refractivity contribution < 1.29 is 23.6 Å². The number of benzene rings is 2. The number of halogens is 1. The zero-order valence-corrected chi connectivity index (χ0v) is 21.1. The highest BCUT2D eigenvalue weighted by Gasteiger charge is 2.52. The monoisotopic (exact) mass is 505 g/mol. The number of carbonyl (C=O) groups excluding carboxylic acids is 2. The maximum atomic E-state index is 14.0. The van der Waals surface area contributed by atoms with Crippen LogP contribution in [0.1, 0.15) is 55.3 Å². The maximum absolute atomic E-state index is 14.0. The Morgan fingerprint density at radius 3 is 2.54 bits per heavy atom. The zero-order valence-electron chi connectivity index (χ0n) is 21.1. The third-order valence-electron chi connectivity index (χ3n) is 7.57. The van der Waals surface area contributed by atoms with E-state index in [2.05, 4.69) is 19.0 Å². The molecule has 2 amide bonds. The van der Waals surface area contributed by atoms with Crippen LogP contribution in [-0.2, 0) is 4.79 Å². The molecule has 37 heavy (non-hydrogen) atoms. The summed E-state index contributed by atoms with van der Waals surface area (Å²) in [5, 5.41) is 15.2. The lowest BCUT2D eigenvalue weighted by Crippen LogP contribution is -2.59. The maximum Gasteiger partial charge on any atom is 0.292 e. The van der Waals surface area contributed by atoms with Gasteiger partial charge in [-0.05, 0) is 42.9 Å². The van der Waals surface area contributed by atoms with Crippen molar-refractivity contribution in [2.45, 2.75) is 45.3 Å². The SMILES string of the molecule is CC(C)CN1C(=O)C2(CCN(C(=O)c3cc(-c4cccc(F)c4)no3)CC2)C[C@@H](O)[C@@H]1c1ccccc1. The van der Waals surface area contributed by atoms with Gasteiger partial charge in [-0.1, -0.05) is 61.5 Å². The molecule has 2 saturated heterocycles. The summed E-state index contributed by atoms with van der Waals surface area (Å²) < 4.78 is 18.9. The summed E-state index contributed by atoms with van der Waals surface area (Å²) >= 11 is 0. The molecular formula is C29H32FN3O4. The number of hydrogen-bond donors (Lipinski definition) is 1. The molecule has 1 aromatic heterocycles. The Hall–Kier alpha value is -3.52. The fourth-order valence-corrected chi connectivity index (χ4v) is 5.75. The highest BCUT2D eigenvalue weighted by Crippen LogP contribution is 2.47. The predicted octanol–water partition coefficient (Wildman–Crippen LogP) is 4.69. The Kier molecular flexibility index (Phi) is 6.86. The van der Waals surface area contributed by atoms with Crippen LogP contribution in [0.5, 0.6) is 0 Å². The number of likely N-dealkylation sites (tertiary alicyclic amines) is 2. The Balaban J connectivity index is 1.31. The van der Waals surface area contributed by atoms with Gasteiger partial charge >= 0.3 is 0 Å². The molecule has 0 aliphatic carbocycles. The van der Waals surface area contributed by atoms with Gasteiger partial charge in [0.25, 0.3) is 5.91 Å². The van der Waals surface area contributed by atoms with Crippen molar-refractivity contribution in [2.75, 3.05) is 19.6 Å². The summed E-state index contributed by atoms with van der Waals surface area (Å²) in [5.41, 5.74) is 1.15. The number of nitrogens with zero attached hydrogens (tertiary/aromatic N) is 3. The Morgan fingerprint density at radius 1 is 1.14 bits per heavy atom. The lowest BCUT2D eigenvalue weighted by molar-refractivity contribution is -0.164. The number of amides is 2. The van der Waals surface area contributed by atoms with Crippen molar-refractivity contribution in [3.8, 4) is 11.3 Å². The van der Waals surface area contributed by atoms with Crippen molar-refractivity contribution >= 4 is 11.8 Å². The minimum absolute atomic E-state index is 0.0560. The van der Waals surface area contributed by atoms with Crippen LogP contribution in [0.15, 0.2) is 65.2 Å². The molecule has 0 radical (unpaired) electrons. The first-order chi connectivity index (χ1) is 17.8. The van der Waals surface area contributed by atoms with Crippen molar-refractivity contribution in [3.63, 3.8) is 0 Å². The van der Waals surface area contributed by atoms with Crippen LogP contribution in [0, 0.1) is 17.2 Å². The molecule has 5 rings (SSSR count). The number of rotatable bonds is 5. The van der Waals surface area contributed by atoms with E-state index >= 15 is 0 Å². The summed E-state index contributed by atoms with van der Waals surface area (Å²) in [4.78, 5) is 30.6. The first-order valence-electron chi connectivity index (χ1n) is 12.8. The molecule has 0 bridgehead atoms. The van der Waals surface area contributed by atoms with Crippen molar-refractivity contribution in [2.24, 2.45) is 11.3 Å². The van der Waals surface area contributed by atoms with Gasteiger partial charge in [0.05, 0.1) is 17.6 Å². The zero-order chi connectivity index (χ0) is 26.2. The Bertz CT molecular complexity index is 1270. The molecule has 2 aliphatic rings. The molecule has 0 unspecified atom stereocenters. The molecule has 3 aromatic rings. The van der Waals surface area contributed by atoms with E-state index in [1.54, 1.807) is 17.0 Å². The number of carbonyl (C=O) groups is 2. The fourth-order valence-electron chi connectivity index (χ4n) is 5.75. The van der Waals surface area contributed by atoms with E-state index in [0.29, 0.717) is 50.2 Å². The molecule has 2 aromatic carbocycles. The lowest BCUT2D eigenvalue weighted by atomic mass is 9.68. The molecule has 2 fully saturated rings. The summed E-state index contributed by atoms with van der Waals surface area (Å²) in [7, 11) is 0. The highest BCUT2D eigenvalue weighted by atomic mass is 19.1. The van der Waals surface area contributed by atoms with Gasteiger partial charge in [-0.3, -0.25) is 9.59 Å². The quantitative estimate of drug-likeness (QED) is 0.544. The van der Waals surface area contributed by atoms with Gasteiger partial charge in [0.15, 0.2) is 0 Å². The van der Waals surface area contributed by atoms with Gasteiger partial charge < -0.3 is 19.4 Å². The minimum atomic E-state index is -0.704. The largest absolute Gasteiger partial charge is 0.391 e. The normalized spacial score (nSPS) is 21.6.